The van der Waals surface area contributed by atoms with Crippen LogP contribution in [0.25, 0.3) is 0 Å². The van der Waals surface area contributed by atoms with Crippen LogP contribution in [0.3, 0.4) is 0 Å². The highest BCUT2D eigenvalue weighted by molar-refractivity contribution is 7.90. The lowest BCUT2D eigenvalue weighted by Gasteiger charge is -2.16. The average Bonchev–Trinajstić information content (AvgIpc) is 3.23. The van der Waals surface area contributed by atoms with Crippen LogP contribution in [-0.2, 0) is 35.7 Å². The standard InChI is InChI=1S/C18H20N4O3S/c1-11-17(20-9-8-19-11)26(24,25)22-18(23)21-16-14-6-2-4-12(14)10-13-5-3-7-15(13)16/h8-10H,2-7H2,1H3,(H2,21,22,23). The smallest absolute Gasteiger partial charge is 0.307 e. The maximum Gasteiger partial charge on any atom is 0.333 e. The molecule has 0 unspecified atom stereocenters. The number of fused-ring (bicyclic) bond motifs is 2. The Kier molecular flexibility index (Phi) is 4.14. The number of rotatable bonds is 3. The number of carbonyl (C=O) groups excluding carboxylic acids is 1. The summed E-state index contributed by atoms with van der Waals surface area (Å²) in [5, 5.41) is 2.57. The van der Waals surface area contributed by atoms with Gasteiger partial charge < -0.3 is 5.32 Å². The van der Waals surface area contributed by atoms with Crippen LogP contribution in [-0.4, -0.2) is 24.4 Å². The van der Waals surface area contributed by atoms with Crippen LogP contribution >= 0.6 is 0 Å². The van der Waals surface area contributed by atoms with Crippen molar-refractivity contribution in [3.05, 3.63) is 46.4 Å². The first kappa shape index (κ1) is 17.0. The number of amides is 2. The number of sulfonamides is 1. The zero-order valence-corrected chi connectivity index (χ0v) is 15.3. The van der Waals surface area contributed by atoms with Gasteiger partial charge in [-0.05, 0) is 67.7 Å². The molecule has 8 heteroatoms. The molecule has 2 N–H and O–H groups in total. The normalized spacial score (nSPS) is 15.4. The van der Waals surface area contributed by atoms with Gasteiger partial charge in [-0.3, -0.25) is 4.98 Å². The van der Waals surface area contributed by atoms with Gasteiger partial charge in [0.05, 0.1) is 5.69 Å². The van der Waals surface area contributed by atoms with Crippen molar-refractivity contribution in [2.24, 2.45) is 0 Å². The van der Waals surface area contributed by atoms with E-state index in [0.29, 0.717) is 0 Å². The summed E-state index contributed by atoms with van der Waals surface area (Å²) >= 11 is 0. The second-order valence-electron chi connectivity index (χ2n) is 6.74. The number of benzene rings is 1. The lowest BCUT2D eigenvalue weighted by atomic mass is 9.99. The minimum Gasteiger partial charge on any atom is -0.307 e. The molecule has 2 aromatic rings. The van der Waals surface area contributed by atoms with E-state index in [2.05, 4.69) is 26.1 Å². The largest absolute Gasteiger partial charge is 0.333 e. The van der Waals surface area contributed by atoms with Gasteiger partial charge in [-0.25, -0.2) is 14.5 Å². The summed E-state index contributed by atoms with van der Waals surface area (Å²) in [5.74, 6) is 0. The fourth-order valence-electron chi connectivity index (χ4n) is 3.94. The monoisotopic (exact) mass is 372 g/mol. The molecule has 0 bridgehead atoms. The second kappa shape index (κ2) is 6.35. The molecule has 4 rings (SSSR count). The van der Waals surface area contributed by atoms with Crippen LogP contribution in [0.5, 0.6) is 0 Å². The van der Waals surface area contributed by atoms with E-state index >= 15 is 0 Å². The average molecular weight is 372 g/mol. The third-order valence-electron chi connectivity index (χ3n) is 5.03. The highest BCUT2D eigenvalue weighted by Crippen LogP contribution is 2.38. The number of aromatic nitrogens is 2. The molecule has 1 aromatic heterocycles. The van der Waals surface area contributed by atoms with Gasteiger partial charge in [0.2, 0.25) is 0 Å². The molecule has 0 radical (unpaired) electrons. The van der Waals surface area contributed by atoms with E-state index in [1.807, 2.05) is 0 Å². The van der Waals surface area contributed by atoms with Crippen LogP contribution in [0.2, 0.25) is 0 Å². The second-order valence-corrected chi connectivity index (χ2v) is 8.34. The molecule has 0 saturated heterocycles. The summed E-state index contributed by atoms with van der Waals surface area (Å²) < 4.78 is 27.0. The van der Waals surface area contributed by atoms with E-state index in [-0.39, 0.29) is 10.7 Å². The molecule has 1 aromatic carbocycles. The Balaban J connectivity index is 1.61. The highest BCUT2D eigenvalue weighted by Gasteiger charge is 2.27. The van der Waals surface area contributed by atoms with Crippen LogP contribution < -0.4 is 10.0 Å². The SMILES string of the molecule is Cc1nccnc1S(=O)(=O)NC(=O)Nc1c2c(cc3c1CCC3)CCC2. The minimum atomic E-state index is -4.07. The van der Waals surface area contributed by atoms with Crippen molar-refractivity contribution >= 4 is 21.7 Å². The van der Waals surface area contributed by atoms with Gasteiger partial charge in [0.25, 0.3) is 10.0 Å². The Morgan fingerprint density at radius 3 is 2.23 bits per heavy atom. The van der Waals surface area contributed by atoms with Crippen molar-refractivity contribution < 1.29 is 13.2 Å². The lowest BCUT2D eigenvalue weighted by Crippen LogP contribution is -2.35. The van der Waals surface area contributed by atoms with Gasteiger partial charge in [0, 0.05) is 18.1 Å². The van der Waals surface area contributed by atoms with Gasteiger partial charge in [0.1, 0.15) is 0 Å². The number of urea groups is 1. The first-order valence-electron chi connectivity index (χ1n) is 8.73. The summed E-state index contributed by atoms with van der Waals surface area (Å²) in [4.78, 5) is 20.2. The van der Waals surface area contributed by atoms with Crippen molar-refractivity contribution in [1.29, 1.82) is 0 Å². The van der Waals surface area contributed by atoms with Crippen molar-refractivity contribution in [1.82, 2.24) is 14.7 Å². The van der Waals surface area contributed by atoms with Gasteiger partial charge in [0.15, 0.2) is 5.03 Å². The third-order valence-corrected chi connectivity index (χ3v) is 6.39. The van der Waals surface area contributed by atoms with Gasteiger partial charge in [-0.2, -0.15) is 8.42 Å². The lowest BCUT2D eigenvalue weighted by molar-refractivity contribution is 0.256. The Labute approximate surface area is 152 Å². The van der Waals surface area contributed by atoms with Crippen LogP contribution in [0, 0.1) is 6.92 Å². The number of aryl methyl sites for hydroxylation is 3. The fraction of sp³-hybridized carbons (Fsp3) is 0.389. The summed E-state index contributed by atoms with van der Waals surface area (Å²) in [6.07, 6.45) is 8.66. The summed E-state index contributed by atoms with van der Waals surface area (Å²) in [7, 11) is -4.07. The number of nitrogens with zero attached hydrogens (tertiary/aromatic N) is 2. The zero-order chi connectivity index (χ0) is 18.3. The van der Waals surface area contributed by atoms with E-state index in [4.69, 9.17) is 0 Å². The molecule has 0 fully saturated rings. The molecule has 26 heavy (non-hydrogen) atoms. The van der Waals surface area contributed by atoms with E-state index in [9.17, 15) is 13.2 Å². The van der Waals surface area contributed by atoms with E-state index in [1.165, 1.54) is 30.4 Å². The van der Waals surface area contributed by atoms with Crippen LogP contribution in [0.1, 0.15) is 40.8 Å². The molecule has 1 heterocycles. The Morgan fingerprint density at radius 1 is 1.00 bits per heavy atom. The van der Waals surface area contributed by atoms with E-state index < -0.39 is 16.1 Å². The van der Waals surface area contributed by atoms with Crippen molar-refractivity contribution in [2.75, 3.05) is 5.32 Å². The van der Waals surface area contributed by atoms with E-state index in [1.54, 1.807) is 0 Å². The number of anilines is 1. The molecule has 2 amide bonds. The molecular formula is C18H20N4O3S. The number of carbonyl (C=O) groups is 1. The molecule has 2 aliphatic rings. The molecule has 7 nitrogen and oxygen atoms in total. The molecule has 136 valence electrons. The van der Waals surface area contributed by atoms with Crippen LogP contribution in [0.4, 0.5) is 10.5 Å². The molecule has 0 saturated carbocycles. The van der Waals surface area contributed by atoms with Crippen LogP contribution in [0.15, 0.2) is 23.5 Å². The quantitative estimate of drug-likeness (QED) is 0.861. The minimum absolute atomic E-state index is 0.237. The van der Waals surface area contributed by atoms with E-state index in [0.717, 1.165) is 55.3 Å². The van der Waals surface area contributed by atoms with Gasteiger partial charge >= 0.3 is 6.03 Å². The highest BCUT2D eigenvalue weighted by atomic mass is 32.2. The van der Waals surface area contributed by atoms with Gasteiger partial charge in [-0.15, -0.1) is 0 Å². The Hall–Kier alpha value is -2.48. The number of nitrogens with one attached hydrogen (secondary N) is 2. The molecular weight excluding hydrogens is 352 g/mol. The molecule has 0 spiro atoms. The van der Waals surface area contributed by atoms with Crippen molar-refractivity contribution in [3.63, 3.8) is 0 Å². The number of hydrogen-bond donors (Lipinski definition) is 2. The third kappa shape index (κ3) is 2.94. The maximum absolute atomic E-state index is 12.5. The summed E-state index contributed by atoms with van der Waals surface area (Å²) in [5.41, 5.74) is 5.88. The predicted molar refractivity (Wildman–Crippen MR) is 96.6 cm³/mol. The first-order chi connectivity index (χ1) is 12.5. The molecule has 2 aliphatic carbocycles. The zero-order valence-electron chi connectivity index (χ0n) is 14.5. The maximum atomic E-state index is 12.5. The van der Waals surface area contributed by atoms with Crippen molar-refractivity contribution in [3.8, 4) is 0 Å². The number of hydrogen-bond acceptors (Lipinski definition) is 5. The topological polar surface area (TPSA) is 101 Å². The fourth-order valence-corrected chi connectivity index (χ4v) is 4.97. The summed E-state index contributed by atoms with van der Waals surface area (Å²) in [6.45, 7) is 1.54. The first-order valence-corrected chi connectivity index (χ1v) is 10.2. The molecule has 0 atom stereocenters. The Bertz CT molecular complexity index is 969. The molecule has 0 aliphatic heterocycles. The Morgan fingerprint density at radius 2 is 1.62 bits per heavy atom. The van der Waals surface area contributed by atoms with Crippen molar-refractivity contribution in [2.45, 2.75) is 50.5 Å². The predicted octanol–water partition coefficient (Wildman–Crippen LogP) is 2.27. The van der Waals surface area contributed by atoms with Gasteiger partial charge in [-0.1, -0.05) is 6.07 Å². The summed E-state index contributed by atoms with van der Waals surface area (Å²) in [6, 6.07) is 1.50.